The quantitative estimate of drug-likeness (QED) is 0.263. The number of esters is 1. The Kier molecular flexibility index (Phi) is 8.52. The molecule has 1 unspecified atom stereocenters. The largest absolute Gasteiger partial charge is 0.538 e. The van der Waals surface area contributed by atoms with Gasteiger partial charge in [0.2, 0.25) is 11.6 Å². The van der Waals surface area contributed by atoms with Crippen LogP contribution in [0.1, 0.15) is 59.8 Å². The van der Waals surface area contributed by atoms with Crippen molar-refractivity contribution in [3.63, 3.8) is 0 Å². The van der Waals surface area contributed by atoms with Gasteiger partial charge in [0, 0.05) is 17.0 Å². The molecule has 2 heterocycles. The molecular formula is C25H29N3O6S2. The lowest BCUT2D eigenvalue weighted by atomic mass is 9.96. The lowest BCUT2D eigenvalue weighted by Gasteiger charge is -2.13. The van der Waals surface area contributed by atoms with E-state index in [1.165, 1.54) is 23.1 Å². The third-order valence-electron chi connectivity index (χ3n) is 6.10. The topological polar surface area (TPSA) is 118 Å². The summed E-state index contributed by atoms with van der Waals surface area (Å²) in [4.78, 5) is 27.2. The molecule has 1 aliphatic carbocycles. The molecule has 1 aromatic carbocycles. The first kappa shape index (κ1) is 26.0. The van der Waals surface area contributed by atoms with E-state index in [0.717, 1.165) is 60.7 Å². The number of nitrogens with one attached hydrogen (secondary N) is 1. The molecular weight excluding hydrogens is 502 g/mol. The molecule has 1 atom stereocenters. The van der Waals surface area contributed by atoms with Crippen LogP contribution in [-0.4, -0.2) is 36.6 Å². The van der Waals surface area contributed by atoms with Crippen molar-refractivity contribution in [3.05, 3.63) is 40.3 Å². The number of hydrogen-bond acceptors (Lipinski definition) is 9. The Morgan fingerprint density at radius 1 is 1.19 bits per heavy atom. The van der Waals surface area contributed by atoms with Crippen molar-refractivity contribution in [2.75, 3.05) is 19.5 Å². The summed E-state index contributed by atoms with van der Waals surface area (Å²) in [5.74, 6) is -0.709. The number of ether oxygens (including phenoxy) is 2. The predicted molar refractivity (Wildman–Crippen MR) is 134 cm³/mol. The highest BCUT2D eigenvalue weighted by Crippen LogP contribution is 2.38. The van der Waals surface area contributed by atoms with Gasteiger partial charge in [-0.05, 0) is 66.2 Å². The summed E-state index contributed by atoms with van der Waals surface area (Å²) in [6.45, 7) is 1.86. The molecule has 0 bridgehead atoms. The molecule has 2 aromatic heterocycles. The van der Waals surface area contributed by atoms with Gasteiger partial charge in [-0.1, -0.05) is 19.8 Å². The van der Waals surface area contributed by atoms with Crippen LogP contribution >= 0.6 is 23.1 Å². The molecule has 1 amide bonds. The number of rotatable bonds is 8. The lowest BCUT2D eigenvalue weighted by Crippen LogP contribution is -2.36. The Morgan fingerprint density at radius 2 is 1.92 bits per heavy atom. The Labute approximate surface area is 217 Å². The van der Waals surface area contributed by atoms with Crippen LogP contribution < -0.4 is 19.8 Å². The molecule has 0 aliphatic heterocycles. The van der Waals surface area contributed by atoms with Gasteiger partial charge in [0.05, 0.1) is 30.3 Å². The molecule has 0 saturated heterocycles. The van der Waals surface area contributed by atoms with Crippen molar-refractivity contribution in [3.8, 4) is 17.4 Å². The normalized spacial score (nSPS) is 14.3. The van der Waals surface area contributed by atoms with Crippen LogP contribution in [-0.2, 0) is 22.4 Å². The number of benzene rings is 1. The summed E-state index contributed by atoms with van der Waals surface area (Å²) in [7, 11) is 2.92. The SMILES string of the molecule is CCC(Sc1c([O-])on[n+]1-c1ccc(OC)cc1)C(=O)Nc1sc2c(c1C(=O)OC)CCCCCC2. The zero-order valence-electron chi connectivity index (χ0n) is 20.5. The van der Waals surface area contributed by atoms with Gasteiger partial charge in [-0.2, -0.15) is 0 Å². The number of thioether (sulfide) groups is 1. The van der Waals surface area contributed by atoms with Gasteiger partial charge in [0.25, 0.3) is 5.03 Å². The predicted octanol–water partition coefficient (Wildman–Crippen LogP) is 4.05. The number of carbonyl (C=O) groups excluding carboxylic acids is 2. The molecule has 4 rings (SSSR count). The molecule has 36 heavy (non-hydrogen) atoms. The van der Waals surface area contributed by atoms with Gasteiger partial charge >= 0.3 is 5.97 Å². The number of aryl methyl sites for hydroxylation is 1. The number of aromatic nitrogens is 2. The lowest BCUT2D eigenvalue weighted by molar-refractivity contribution is -0.705. The molecule has 0 radical (unpaired) electrons. The van der Waals surface area contributed by atoms with Crippen molar-refractivity contribution in [2.24, 2.45) is 0 Å². The number of carbonyl (C=O) groups is 2. The maximum atomic E-state index is 13.4. The van der Waals surface area contributed by atoms with Crippen molar-refractivity contribution >= 4 is 40.0 Å². The van der Waals surface area contributed by atoms with E-state index in [9.17, 15) is 14.7 Å². The molecule has 3 aromatic rings. The average molecular weight is 532 g/mol. The summed E-state index contributed by atoms with van der Waals surface area (Å²) in [5, 5.41) is 19.4. The first-order valence-corrected chi connectivity index (χ1v) is 13.6. The Morgan fingerprint density at radius 3 is 2.58 bits per heavy atom. The third kappa shape index (κ3) is 5.52. The Balaban J connectivity index is 1.59. The summed E-state index contributed by atoms with van der Waals surface area (Å²) < 4.78 is 16.5. The van der Waals surface area contributed by atoms with E-state index in [-0.39, 0.29) is 10.9 Å². The Hall–Kier alpha value is -3.05. The van der Waals surface area contributed by atoms with Crippen molar-refractivity contribution < 1.29 is 33.4 Å². The molecule has 192 valence electrons. The first-order chi connectivity index (χ1) is 17.5. The number of nitrogens with zero attached hydrogens (tertiary/aromatic N) is 2. The zero-order valence-corrected chi connectivity index (χ0v) is 22.1. The van der Waals surface area contributed by atoms with Gasteiger partial charge in [0.1, 0.15) is 10.8 Å². The monoisotopic (exact) mass is 531 g/mol. The van der Waals surface area contributed by atoms with Crippen molar-refractivity contribution in [2.45, 2.75) is 62.1 Å². The second-order valence-corrected chi connectivity index (χ2v) is 10.7. The minimum atomic E-state index is -0.628. The maximum Gasteiger partial charge on any atom is 0.341 e. The molecule has 1 N–H and O–H groups in total. The van der Waals surface area contributed by atoms with Gasteiger partial charge in [-0.25, -0.2) is 4.79 Å². The molecule has 11 heteroatoms. The van der Waals surface area contributed by atoms with E-state index in [1.54, 1.807) is 31.4 Å². The number of anilines is 1. The summed E-state index contributed by atoms with van der Waals surface area (Å²) in [5.41, 5.74) is 2.04. The molecule has 0 spiro atoms. The molecule has 1 aliphatic rings. The minimum Gasteiger partial charge on any atom is -0.538 e. The van der Waals surface area contributed by atoms with Crippen LogP contribution in [0.25, 0.3) is 5.69 Å². The van der Waals surface area contributed by atoms with Crippen LogP contribution in [0, 0.1) is 0 Å². The fraction of sp³-hybridized carbons (Fsp3) is 0.440. The molecule has 9 nitrogen and oxygen atoms in total. The van der Waals surface area contributed by atoms with E-state index in [0.29, 0.717) is 28.4 Å². The Bertz CT molecular complexity index is 1220. The smallest absolute Gasteiger partial charge is 0.341 e. The number of amides is 1. The minimum absolute atomic E-state index is 0.189. The standard InChI is InChI=1S/C25H29N3O6S2/c1-4-18(36-23-25(31)34-27-28(23)15-11-13-16(32-2)14-12-15)21(29)26-22-20(24(30)33-3)17-9-7-5-6-8-10-19(17)35-22/h11-14,18H,4-10H2,1-3H3,(H-,26,27,29,30,31). The number of fused-ring (bicyclic) bond motifs is 1. The number of methoxy groups -OCH3 is 2. The van der Waals surface area contributed by atoms with Crippen LogP contribution in [0.5, 0.6) is 11.7 Å². The summed E-state index contributed by atoms with van der Waals surface area (Å²) >= 11 is 2.53. The molecule has 0 saturated carbocycles. The summed E-state index contributed by atoms with van der Waals surface area (Å²) in [6.07, 6.45) is 6.46. The highest BCUT2D eigenvalue weighted by Gasteiger charge is 2.31. The maximum absolute atomic E-state index is 13.4. The zero-order chi connectivity index (χ0) is 25.7. The van der Waals surface area contributed by atoms with Gasteiger partial charge in [-0.15, -0.1) is 11.3 Å². The fourth-order valence-corrected chi connectivity index (χ4v) is 6.46. The van der Waals surface area contributed by atoms with Crippen LogP contribution in [0.3, 0.4) is 0 Å². The second kappa shape index (κ2) is 11.8. The van der Waals surface area contributed by atoms with E-state index in [1.807, 2.05) is 6.92 Å². The van der Waals surface area contributed by atoms with Crippen molar-refractivity contribution in [1.29, 1.82) is 0 Å². The van der Waals surface area contributed by atoms with E-state index < -0.39 is 17.2 Å². The highest BCUT2D eigenvalue weighted by molar-refractivity contribution is 8.00. The van der Waals surface area contributed by atoms with Gasteiger partial charge in [0.15, 0.2) is 5.95 Å². The average Bonchev–Trinajstić information content (AvgIpc) is 3.40. The third-order valence-corrected chi connectivity index (χ3v) is 8.71. The van der Waals surface area contributed by atoms with E-state index >= 15 is 0 Å². The van der Waals surface area contributed by atoms with Crippen LogP contribution in [0.2, 0.25) is 0 Å². The summed E-state index contributed by atoms with van der Waals surface area (Å²) in [6, 6.07) is 6.99. The van der Waals surface area contributed by atoms with E-state index in [2.05, 4.69) is 10.6 Å². The van der Waals surface area contributed by atoms with Crippen LogP contribution in [0.15, 0.2) is 33.8 Å². The first-order valence-electron chi connectivity index (χ1n) is 11.9. The highest BCUT2D eigenvalue weighted by atomic mass is 32.2. The van der Waals surface area contributed by atoms with Gasteiger partial charge in [-0.3, -0.25) is 4.79 Å². The van der Waals surface area contributed by atoms with Crippen molar-refractivity contribution in [1.82, 2.24) is 5.27 Å². The fourth-order valence-electron chi connectivity index (χ4n) is 4.20. The second-order valence-electron chi connectivity index (χ2n) is 8.39. The van der Waals surface area contributed by atoms with E-state index in [4.69, 9.17) is 14.0 Å². The number of thiophene rings is 1. The number of hydrogen-bond donors (Lipinski definition) is 1. The van der Waals surface area contributed by atoms with Crippen LogP contribution in [0.4, 0.5) is 5.00 Å². The molecule has 0 fully saturated rings. The van der Waals surface area contributed by atoms with Gasteiger partial charge < -0.3 is 24.4 Å².